The first-order valence-electron chi connectivity index (χ1n) is 5.35. The summed E-state index contributed by atoms with van der Waals surface area (Å²) < 4.78 is 22.9. The van der Waals surface area contributed by atoms with Gasteiger partial charge in [0.25, 0.3) is 0 Å². The Morgan fingerprint density at radius 2 is 2.24 bits per heavy atom. The van der Waals surface area contributed by atoms with Crippen molar-refractivity contribution in [2.75, 3.05) is 13.7 Å². The number of halogens is 1. The number of ether oxygens (including phenoxy) is 2. The Kier molecular flexibility index (Phi) is 5.20. The summed E-state index contributed by atoms with van der Waals surface area (Å²) in [5.41, 5.74) is 0.580. The molecule has 17 heavy (non-hydrogen) atoms. The Morgan fingerprint density at radius 3 is 2.82 bits per heavy atom. The molecule has 0 saturated carbocycles. The van der Waals surface area contributed by atoms with Crippen LogP contribution in [0.25, 0.3) is 6.08 Å². The van der Waals surface area contributed by atoms with Crippen LogP contribution in [0.2, 0.25) is 0 Å². The lowest BCUT2D eigenvalue weighted by atomic mass is 10.2. The standard InChI is InChI=1S/C13H15FO3/c1-3-8-17-13(15)7-5-10-4-6-12(16-2)11(14)9-10/h4-7,9H,3,8H2,1-2H3. The van der Waals surface area contributed by atoms with Crippen LogP contribution in [-0.2, 0) is 9.53 Å². The molecule has 0 fully saturated rings. The third kappa shape index (κ3) is 4.26. The minimum absolute atomic E-state index is 0.177. The lowest BCUT2D eigenvalue weighted by molar-refractivity contribution is -0.137. The summed E-state index contributed by atoms with van der Waals surface area (Å²) in [6.45, 7) is 2.30. The van der Waals surface area contributed by atoms with Gasteiger partial charge in [-0.15, -0.1) is 0 Å². The van der Waals surface area contributed by atoms with Gasteiger partial charge in [-0.25, -0.2) is 9.18 Å². The minimum atomic E-state index is -0.462. The molecule has 0 N–H and O–H groups in total. The van der Waals surface area contributed by atoms with E-state index < -0.39 is 11.8 Å². The molecule has 0 unspecified atom stereocenters. The van der Waals surface area contributed by atoms with Crippen molar-refractivity contribution in [1.29, 1.82) is 0 Å². The normalized spacial score (nSPS) is 10.5. The number of methoxy groups -OCH3 is 1. The largest absolute Gasteiger partial charge is 0.494 e. The van der Waals surface area contributed by atoms with Gasteiger partial charge in [0.2, 0.25) is 0 Å². The molecule has 4 heteroatoms. The summed E-state index contributed by atoms with van der Waals surface area (Å²) in [5, 5.41) is 0. The number of hydrogen-bond acceptors (Lipinski definition) is 3. The zero-order chi connectivity index (χ0) is 12.7. The second kappa shape index (κ2) is 6.68. The predicted octanol–water partition coefficient (Wildman–Crippen LogP) is 2.80. The Balaban J connectivity index is 2.65. The van der Waals surface area contributed by atoms with E-state index in [0.29, 0.717) is 12.2 Å². The van der Waals surface area contributed by atoms with Gasteiger partial charge in [0.1, 0.15) is 0 Å². The molecule has 0 spiro atoms. The summed E-state index contributed by atoms with van der Waals surface area (Å²) in [5.74, 6) is -0.713. The van der Waals surface area contributed by atoms with Gasteiger partial charge in [0.15, 0.2) is 11.6 Å². The van der Waals surface area contributed by atoms with Crippen LogP contribution in [0.5, 0.6) is 5.75 Å². The van der Waals surface area contributed by atoms with E-state index in [4.69, 9.17) is 9.47 Å². The minimum Gasteiger partial charge on any atom is -0.494 e. The number of hydrogen-bond donors (Lipinski definition) is 0. The smallest absolute Gasteiger partial charge is 0.330 e. The highest BCUT2D eigenvalue weighted by molar-refractivity contribution is 5.87. The molecular formula is C13H15FO3. The molecule has 1 aromatic rings. The molecule has 0 saturated heterocycles. The van der Waals surface area contributed by atoms with Crippen molar-refractivity contribution in [1.82, 2.24) is 0 Å². The fourth-order valence-electron chi connectivity index (χ4n) is 1.20. The fraction of sp³-hybridized carbons (Fsp3) is 0.308. The van der Waals surface area contributed by atoms with E-state index in [0.717, 1.165) is 6.42 Å². The monoisotopic (exact) mass is 238 g/mol. The molecule has 0 aliphatic carbocycles. The molecule has 0 bridgehead atoms. The molecule has 92 valence electrons. The van der Waals surface area contributed by atoms with E-state index in [1.165, 1.54) is 31.4 Å². The molecule has 0 heterocycles. The fourth-order valence-corrected chi connectivity index (χ4v) is 1.20. The SMILES string of the molecule is CCCOC(=O)C=Cc1ccc(OC)c(F)c1. The van der Waals surface area contributed by atoms with E-state index in [9.17, 15) is 9.18 Å². The van der Waals surface area contributed by atoms with Crippen LogP contribution in [0.3, 0.4) is 0 Å². The number of carbonyl (C=O) groups excluding carboxylic acids is 1. The average Bonchev–Trinajstić information content (AvgIpc) is 2.34. The maximum absolute atomic E-state index is 13.3. The molecule has 0 radical (unpaired) electrons. The van der Waals surface area contributed by atoms with Crippen LogP contribution >= 0.6 is 0 Å². The topological polar surface area (TPSA) is 35.5 Å². The molecule has 0 aliphatic rings. The van der Waals surface area contributed by atoms with Gasteiger partial charge in [-0.3, -0.25) is 0 Å². The van der Waals surface area contributed by atoms with E-state index in [2.05, 4.69) is 0 Å². The van der Waals surface area contributed by atoms with E-state index in [-0.39, 0.29) is 5.75 Å². The molecule has 0 amide bonds. The third-order valence-electron chi connectivity index (χ3n) is 2.04. The van der Waals surface area contributed by atoms with Crippen LogP contribution in [0, 0.1) is 5.82 Å². The van der Waals surface area contributed by atoms with Crippen LogP contribution in [0.15, 0.2) is 24.3 Å². The second-order valence-corrected chi connectivity index (χ2v) is 3.39. The van der Waals surface area contributed by atoms with Crippen LogP contribution in [0.1, 0.15) is 18.9 Å². The first-order chi connectivity index (χ1) is 8.17. The van der Waals surface area contributed by atoms with Gasteiger partial charge in [-0.2, -0.15) is 0 Å². The molecule has 1 rings (SSSR count). The quantitative estimate of drug-likeness (QED) is 0.584. The van der Waals surface area contributed by atoms with Crippen LogP contribution < -0.4 is 4.74 Å². The van der Waals surface area contributed by atoms with Crippen molar-refractivity contribution in [2.24, 2.45) is 0 Å². The second-order valence-electron chi connectivity index (χ2n) is 3.39. The van der Waals surface area contributed by atoms with Gasteiger partial charge in [0, 0.05) is 6.08 Å². The van der Waals surface area contributed by atoms with Crippen molar-refractivity contribution in [3.63, 3.8) is 0 Å². The molecular weight excluding hydrogens is 223 g/mol. The van der Waals surface area contributed by atoms with Gasteiger partial charge in [-0.1, -0.05) is 13.0 Å². The van der Waals surface area contributed by atoms with Crippen LogP contribution in [0.4, 0.5) is 4.39 Å². The third-order valence-corrected chi connectivity index (χ3v) is 2.04. The molecule has 0 aliphatic heterocycles. The Bertz CT molecular complexity index is 413. The van der Waals surface area contributed by atoms with Crippen LogP contribution in [-0.4, -0.2) is 19.7 Å². The van der Waals surface area contributed by atoms with Crippen molar-refractivity contribution in [3.8, 4) is 5.75 Å². The van der Waals surface area contributed by atoms with Gasteiger partial charge < -0.3 is 9.47 Å². The highest BCUT2D eigenvalue weighted by Crippen LogP contribution is 2.18. The molecule has 0 aromatic heterocycles. The Hall–Kier alpha value is -1.84. The predicted molar refractivity (Wildman–Crippen MR) is 63.2 cm³/mol. The summed E-state index contributed by atoms with van der Waals surface area (Å²) in [7, 11) is 1.40. The zero-order valence-corrected chi connectivity index (χ0v) is 9.90. The van der Waals surface area contributed by atoms with Gasteiger partial charge in [-0.05, 0) is 30.2 Å². The highest BCUT2D eigenvalue weighted by atomic mass is 19.1. The number of rotatable bonds is 5. The number of esters is 1. The lowest BCUT2D eigenvalue weighted by Gasteiger charge is -2.02. The van der Waals surface area contributed by atoms with E-state index in [1.54, 1.807) is 6.07 Å². The summed E-state index contributed by atoms with van der Waals surface area (Å²) in [6, 6.07) is 4.46. The highest BCUT2D eigenvalue weighted by Gasteiger charge is 2.02. The number of benzene rings is 1. The van der Waals surface area contributed by atoms with Gasteiger partial charge in [0.05, 0.1) is 13.7 Å². The zero-order valence-electron chi connectivity index (χ0n) is 9.90. The van der Waals surface area contributed by atoms with Crippen molar-refractivity contribution >= 4 is 12.0 Å². The molecule has 1 aromatic carbocycles. The first-order valence-corrected chi connectivity index (χ1v) is 5.35. The molecule has 3 nitrogen and oxygen atoms in total. The summed E-state index contributed by atoms with van der Waals surface area (Å²) in [6.07, 6.45) is 3.55. The first kappa shape index (κ1) is 13.2. The van der Waals surface area contributed by atoms with Crippen molar-refractivity contribution in [3.05, 3.63) is 35.7 Å². The average molecular weight is 238 g/mol. The lowest BCUT2D eigenvalue weighted by Crippen LogP contribution is -2.00. The Morgan fingerprint density at radius 1 is 1.47 bits per heavy atom. The van der Waals surface area contributed by atoms with Crippen molar-refractivity contribution in [2.45, 2.75) is 13.3 Å². The van der Waals surface area contributed by atoms with E-state index in [1.807, 2.05) is 6.92 Å². The van der Waals surface area contributed by atoms with Crippen molar-refractivity contribution < 1.29 is 18.7 Å². The Labute approximate surface area is 99.9 Å². The summed E-state index contributed by atoms with van der Waals surface area (Å²) in [4.78, 5) is 11.2. The number of carbonyl (C=O) groups is 1. The van der Waals surface area contributed by atoms with E-state index >= 15 is 0 Å². The molecule has 0 atom stereocenters. The van der Waals surface area contributed by atoms with Gasteiger partial charge >= 0.3 is 5.97 Å². The summed E-state index contributed by atoms with van der Waals surface area (Å²) >= 11 is 0. The maximum atomic E-state index is 13.3. The maximum Gasteiger partial charge on any atom is 0.330 e.